The maximum atomic E-state index is 12.9. The van der Waals surface area contributed by atoms with E-state index in [2.05, 4.69) is 36.9 Å². The van der Waals surface area contributed by atoms with Crippen LogP contribution in [-0.2, 0) is 4.74 Å². The van der Waals surface area contributed by atoms with E-state index in [1.165, 1.54) is 16.8 Å². The van der Waals surface area contributed by atoms with Crippen LogP contribution in [0.2, 0.25) is 0 Å². The molecule has 4 rings (SSSR count). The van der Waals surface area contributed by atoms with Crippen LogP contribution in [0.1, 0.15) is 21.5 Å². The van der Waals surface area contributed by atoms with Crippen molar-refractivity contribution >= 4 is 23.4 Å². The van der Waals surface area contributed by atoms with E-state index >= 15 is 0 Å². The molecule has 6 nitrogen and oxygen atoms in total. The van der Waals surface area contributed by atoms with Crippen molar-refractivity contribution in [3.63, 3.8) is 0 Å². The summed E-state index contributed by atoms with van der Waals surface area (Å²) in [6.45, 7) is 8.29. The van der Waals surface area contributed by atoms with Gasteiger partial charge in [0.1, 0.15) is 6.61 Å². The van der Waals surface area contributed by atoms with E-state index in [1.54, 1.807) is 17.0 Å². The zero-order chi connectivity index (χ0) is 19.7. The minimum Gasteiger partial charge on any atom is -0.447 e. The Morgan fingerprint density at radius 1 is 0.929 bits per heavy atom. The van der Waals surface area contributed by atoms with Crippen LogP contribution in [0.15, 0.2) is 42.5 Å². The number of nitrogens with zero attached hydrogens (tertiary/aromatic N) is 3. The van der Waals surface area contributed by atoms with Gasteiger partial charge in [-0.15, -0.1) is 0 Å². The van der Waals surface area contributed by atoms with Crippen molar-refractivity contribution in [2.45, 2.75) is 13.8 Å². The third-order valence-electron chi connectivity index (χ3n) is 5.67. The lowest BCUT2D eigenvalue weighted by molar-refractivity contribution is 0.0747. The SMILES string of the molecule is Cc1cccc(N2CCN(C(=O)c3ccc(N4CCOC4=O)cc3)CC2)c1C. The summed E-state index contributed by atoms with van der Waals surface area (Å²) in [5.74, 6) is 0.0381. The summed E-state index contributed by atoms with van der Waals surface area (Å²) in [5.41, 5.74) is 5.26. The molecule has 146 valence electrons. The Labute approximate surface area is 165 Å². The van der Waals surface area contributed by atoms with Gasteiger partial charge in [0, 0.05) is 43.1 Å². The van der Waals surface area contributed by atoms with E-state index in [-0.39, 0.29) is 12.0 Å². The minimum atomic E-state index is -0.332. The average Bonchev–Trinajstić information content (AvgIpc) is 3.16. The lowest BCUT2D eigenvalue weighted by Crippen LogP contribution is -2.49. The highest BCUT2D eigenvalue weighted by atomic mass is 16.6. The summed E-state index contributed by atoms with van der Waals surface area (Å²) in [7, 11) is 0. The summed E-state index contributed by atoms with van der Waals surface area (Å²) in [4.78, 5) is 30.4. The third kappa shape index (κ3) is 3.42. The first-order valence-electron chi connectivity index (χ1n) is 9.69. The summed E-state index contributed by atoms with van der Waals surface area (Å²) < 4.78 is 4.96. The van der Waals surface area contributed by atoms with Crippen molar-refractivity contribution in [3.05, 3.63) is 59.2 Å². The number of anilines is 2. The van der Waals surface area contributed by atoms with Crippen molar-refractivity contribution in [2.24, 2.45) is 0 Å². The second kappa shape index (κ2) is 7.54. The topological polar surface area (TPSA) is 53.1 Å². The molecule has 6 heteroatoms. The molecule has 28 heavy (non-hydrogen) atoms. The number of ether oxygens (including phenoxy) is 1. The molecule has 2 aliphatic rings. The van der Waals surface area contributed by atoms with Gasteiger partial charge < -0.3 is 14.5 Å². The van der Waals surface area contributed by atoms with Gasteiger partial charge in [0.15, 0.2) is 0 Å². The third-order valence-corrected chi connectivity index (χ3v) is 5.67. The quantitative estimate of drug-likeness (QED) is 0.822. The summed E-state index contributed by atoms with van der Waals surface area (Å²) in [6, 6.07) is 13.6. The van der Waals surface area contributed by atoms with Crippen LogP contribution < -0.4 is 9.80 Å². The van der Waals surface area contributed by atoms with Crippen molar-refractivity contribution in [3.8, 4) is 0 Å². The highest BCUT2D eigenvalue weighted by Gasteiger charge is 2.25. The van der Waals surface area contributed by atoms with Crippen LogP contribution in [0.3, 0.4) is 0 Å². The molecule has 0 aliphatic carbocycles. The second-order valence-corrected chi connectivity index (χ2v) is 7.31. The van der Waals surface area contributed by atoms with Crippen LogP contribution >= 0.6 is 0 Å². The van der Waals surface area contributed by atoms with Gasteiger partial charge in [0.05, 0.1) is 6.54 Å². The molecule has 0 aromatic heterocycles. The molecule has 2 aliphatic heterocycles. The zero-order valence-corrected chi connectivity index (χ0v) is 16.4. The molecule has 0 spiro atoms. The molecule has 0 unspecified atom stereocenters. The van der Waals surface area contributed by atoms with Gasteiger partial charge in [-0.1, -0.05) is 12.1 Å². The van der Waals surface area contributed by atoms with E-state index < -0.39 is 0 Å². The number of benzene rings is 2. The number of hydrogen-bond acceptors (Lipinski definition) is 4. The average molecular weight is 379 g/mol. The number of amides is 2. The van der Waals surface area contributed by atoms with E-state index in [4.69, 9.17) is 4.74 Å². The highest BCUT2D eigenvalue weighted by molar-refractivity contribution is 5.96. The van der Waals surface area contributed by atoms with Gasteiger partial charge in [-0.25, -0.2) is 4.79 Å². The largest absolute Gasteiger partial charge is 0.447 e. The van der Waals surface area contributed by atoms with Crippen LogP contribution in [0.25, 0.3) is 0 Å². The predicted octanol–water partition coefficient (Wildman–Crippen LogP) is 3.22. The highest BCUT2D eigenvalue weighted by Crippen LogP contribution is 2.25. The van der Waals surface area contributed by atoms with Crippen molar-refractivity contribution in [2.75, 3.05) is 49.1 Å². The first kappa shape index (κ1) is 18.3. The van der Waals surface area contributed by atoms with E-state index in [0.717, 1.165) is 18.8 Å². The number of piperazine rings is 1. The molecular formula is C22H25N3O3. The molecule has 2 fully saturated rings. The van der Waals surface area contributed by atoms with Crippen molar-refractivity contribution in [1.82, 2.24) is 4.90 Å². The summed E-state index contributed by atoms with van der Waals surface area (Å²) in [5, 5.41) is 0. The molecule has 0 radical (unpaired) electrons. The lowest BCUT2D eigenvalue weighted by atomic mass is 10.1. The van der Waals surface area contributed by atoms with E-state index in [9.17, 15) is 9.59 Å². The molecule has 2 heterocycles. The second-order valence-electron chi connectivity index (χ2n) is 7.31. The number of carbonyl (C=O) groups is 2. The molecule has 2 aromatic rings. The number of carbonyl (C=O) groups excluding carboxylic acids is 2. The first-order valence-corrected chi connectivity index (χ1v) is 9.69. The zero-order valence-electron chi connectivity index (χ0n) is 16.4. The van der Waals surface area contributed by atoms with Crippen LogP contribution in [0.5, 0.6) is 0 Å². The molecular weight excluding hydrogens is 354 g/mol. The van der Waals surface area contributed by atoms with Crippen molar-refractivity contribution in [1.29, 1.82) is 0 Å². The summed E-state index contributed by atoms with van der Waals surface area (Å²) in [6.07, 6.45) is -0.332. The molecule has 2 saturated heterocycles. The monoisotopic (exact) mass is 379 g/mol. The summed E-state index contributed by atoms with van der Waals surface area (Å²) >= 11 is 0. The molecule has 0 atom stereocenters. The van der Waals surface area contributed by atoms with Gasteiger partial charge in [0.2, 0.25) is 0 Å². The van der Waals surface area contributed by atoms with Crippen molar-refractivity contribution < 1.29 is 14.3 Å². The molecule has 0 saturated carbocycles. The lowest BCUT2D eigenvalue weighted by Gasteiger charge is -2.37. The molecule has 2 aromatic carbocycles. The predicted molar refractivity (Wildman–Crippen MR) is 109 cm³/mol. The Hall–Kier alpha value is -3.02. The smallest absolute Gasteiger partial charge is 0.414 e. The van der Waals surface area contributed by atoms with Gasteiger partial charge in [0.25, 0.3) is 5.91 Å². The van der Waals surface area contributed by atoms with Gasteiger partial charge in [-0.2, -0.15) is 0 Å². The Morgan fingerprint density at radius 2 is 1.64 bits per heavy atom. The number of hydrogen-bond donors (Lipinski definition) is 0. The number of cyclic esters (lactones) is 1. The maximum absolute atomic E-state index is 12.9. The maximum Gasteiger partial charge on any atom is 0.414 e. The molecule has 0 N–H and O–H groups in total. The first-order chi connectivity index (χ1) is 13.5. The van der Waals surface area contributed by atoms with Gasteiger partial charge in [-0.3, -0.25) is 9.69 Å². The Bertz CT molecular complexity index is 886. The van der Waals surface area contributed by atoms with Gasteiger partial charge in [-0.05, 0) is 55.3 Å². The number of rotatable bonds is 3. The van der Waals surface area contributed by atoms with Gasteiger partial charge >= 0.3 is 6.09 Å². The number of aryl methyl sites for hydroxylation is 1. The van der Waals surface area contributed by atoms with Crippen LogP contribution in [0, 0.1) is 13.8 Å². The standard InChI is InChI=1S/C22H25N3O3/c1-16-4-3-5-20(17(16)2)23-10-12-24(13-11-23)21(26)18-6-8-19(9-7-18)25-14-15-28-22(25)27/h3-9H,10-15H2,1-2H3. The fourth-order valence-electron chi connectivity index (χ4n) is 3.82. The Kier molecular flexibility index (Phi) is 4.94. The fourth-order valence-corrected chi connectivity index (χ4v) is 3.82. The molecule has 2 amide bonds. The minimum absolute atomic E-state index is 0.0381. The molecule has 0 bridgehead atoms. The Balaban J connectivity index is 1.40. The fraction of sp³-hybridized carbons (Fsp3) is 0.364. The van der Waals surface area contributed by atoms with E-state index in [1.807, 2.05) is 17.0 Å². The Morgan fingerprint density at radius 3 is 2.29 bits per heavy atom. The normalized spacial score (nSPS) is 17.1. The van der Waals surface area contributed by atoms with E-state index in [0.29, 0.717) is 31.8 Å². The van der Waals surface area contributed by atoms with Crippen LogP contribution in [-0.4, -0.2) is 56.2 Å². The van der Waals surface area contributed by atoms with Crippen LogP contribution in [0.4, 0.5) is 16.2 Å².